The molecule has 1 aromatic heterocycles. The lowest BCUT2D eigenvalue weighted by Crippen LogP contribution is -2.45. The molecule has 0 fully saturated rings. The molecule has 0 aliphatic carbocycles. The number of alkyl carbamates (subject to hydrolysis) is 1. The van der Waals surface area contributed by atoms with E-state index >= 15 is 0 Å². The van der Waals surface area contributed by atoms with Gasteiger partial charge in [-0.2, -0.15) is 0 Å². The van der Waals surface area contributed by atoms with E-state index in [0.717, 1.165) is 49.8 Å². The first-order valence-corrected chi connectivity index (χ1v) is 10.8. The molecule has 1 amide bonds. The zero-order valence-corrected chi connectivity index (χ0v) is 20.3. The Morgan fingerprint density at radius 3 is 2.47 bits per heavy atom. The highest BCUT2D eigenvalue weighted by molar-refractivity contribution is 5.79. The lowest BCUT2D eigenvalue weighted by molar-refractivity contribution is 0.0486. The summed E-state index contributed by atoms with van der Waals surface area (Å²) in [6.07, 6.45) is 2.31. The Balaban J connectivity index is 2.46. The van der Waals surface area contributed by atoms with Crippen molar-refractivity contribution in [1.29, 1.82) is 0 Å². The number of amides is 1. The van der Waals surface area contributed by atoms with E-state index in [0.29, 0.717) is 5.92 Å². The molecule has 8 nitrogen and oxygen atoms in total. The van der Waals surface area contributed by atoms with Gasteiger partial charge in [0.15, 0.2) is 5.96 Å². The predicted octanol–water partition coefficient (Wildman–Crippen LogP) is 3.67. The van der Waals surface area contributed by atoms with Crippen LogP contribution in [0.4, 0.5) is 4.79 Å². The number of aromatic nitrogens is 1. The smallest absolute Gasteiger partial charge is 0.407 e. The van der Waals surface area contributed by atoms with Crippen molar-refractivity contribution in [3.05, 3.63) is 17.0 Å². The van der Waals surface area contributed by atoms with Crippen LogP contribution in [0.1, 0.15) is 64.5 Å². The van der Waals surface area contributed by atoms with Crippen molar-refractivity contribution in [3.63, 3.8) is 0 Å². The van der Waals surface area contributed by atoms with Gasteiger partial charge in [-0.3, -0.25) is 4.99 Å². The third-order valence-electron chi connectivity index (χ3n) is 4.92. The van der Waals surface area contributed by atoms with E-state index in [1.807, 2.05) is 41.7 Å². The number of rotatable bonds is 9. The normalized spacial score (nSPS) is 13.3. The maximum absolute atomic E-state index is 12.1. The molecule has 0 spiro atoms. The van der Waals surface area contributed by atoms with Gasteiger partial charge in [0.25, 0.3) is 0 Å². The molecule has 172 valence electrons. The van der Waals surface area contributed by atoms with Gasteiger partial charge < -0.3 is 24.8 Å². The minimum absolute atomic E-state index is 0.0277. The van der Waals surface area contributed by atoms with Gasteiger partial charge in [0.2, 0.25) is 0 Å². The van der Waals surface area contributed by atoms with Crippen LogP contribution in [0.15, 0.2) is 9.52 Å². The fourth-order valence-electron chi connectivity index (χ4n) is 3.18. The fourth-order valence-corrected chi connectivity index (χ4v) is 3.18. The zero-order chi connectivity index (χ0) is 22.9. The number of carbonyl (C=O) groups is 1. The van der Waals surface area contributed by atoms with Gasteiger partial charge >= 0.3 is 6.09 Å². The molecule has 0 radical (unpaired) electrons. The van der Waals surface area contributed by atoms with Gasteiger partial charge in [-0.1, -0.05) is 19.0 Å². The van der Waals surface area contributed by atoms with E-state index in [2.05, 4.69) is 39.5 Å². The summed E-state index contributed by atoms with van der Waals surface area (Å²) in [7, 11) is 3.79. The monoisotopic (exact) mass is 423 g/mol. The maximum atomic E-state index is 12.1. The number of hydrogen-bond donors (Lipinski definition) is 2. The zero-order valence-electron chi connectivity index (χ0n) is 20.3. The highest BCUT2D eigenvalue weighted by Gasteiger charge is 2.22. The first kappa shape index (κ1) is 25.8. The van der Waals surface area contributed by atoms with E-state index in [9.17, 15) is 4.79 Å². The van der Waals surface area contributed by atoms with Crippen LogP contribution in [-0.4, -0.2) is 60.9 Å². The Kier molecular flexibility index (Phi) is 10.2. The van der Waals surface area contributed by atoms with Gasteiger partial charge in [0.1, 0.15) is 11.4 Å². The Morgan fingerprint density at radius 1 is 1.30 bits per heavy atom. The van der Waals surface area contributed by atoms with Crippen molar-refractivity contribution >= 4 is 12.1 Å². The summed E-state index contributed by atoms with van der Waals surface area (Å²) in [5.41, 5.74) is 1.65. The Hall–Kier alpha value is -2.25. The quantitative estimate of drug-likeness (QED) is 0.358. The first-order chi connectivity index (χ1) is 13.9. The van der Waals surface area contributed by atoms with Crippen molar-refractivity contribution in [2.75, 3.05) is 27.2 Å². The number of guanidine groups is 1. The molecule has 8 heteroatoms. The number of nitrogens with zero attached hydrogens (tertiary/aromatic N) is 3. The van der Waals surface area contributed by atoms with E-state index in [1.54, 1.807) is 7.05 Å². The molecular formula is C22H41N5O3. The van der Waals surface area contributed by atoms with E-state index < -0.39 is 5.60 Å². The number of nitrogens with one attached hydrogen (secondary N) is 2. The summed E-state index contributed by atoms with van der Waals surface area (Å²) in [5, 5.41) is 10.4. The fraction of sp³-hybridized carbons (Fsp3) is 0.773. The van der Waals surface area contributed by atoms with Crippen LogP contribution in [0.2, 0.25) is 0 Å². The SMILES string of the molecule is CN=C(NCCCc1c(C)noc1C)N(C)CCC(NC(=O)OC(C)(C)C)C(C)C. The van der Waals surface area contributed by atoms with Crippen molar-refractivity contribution in [2.24, 2.45) is 10.9 Å². The van der Waals surface area contributed by atoms with Crippen LogP contribution in [-0.2, 0) is 11.2 Å². The molecule has 1 rings (SSSR count). The van der Waals surface area contributed by atoms with E-state index in [4.69, 9.17) is 9.26 Å². The molecule has 0 bridgehead atoms. The van der Waals surface area contributed by atoms with Crippen LogP contribution < -0.4 is 10.6 Å². The molecule has 1 heterocycles. The molecule has 0 saturated carbocycles. The lowest BCUT2D eigenvalue weighted by atomic mass is 10.0. The molecule has 0 aromatic carbocycles. The standard InChI is InChI=1S/C22H41N5O3/c1-15(2)19(25-21(28)29-22(5,6)7)12-14-27(9)20(23-8)24-13-10-11-18-16(3)26-30-17(18)4/h15,19H,10-14H2,1-9H3,(H,23,24)(H,25,28). The average Bonchev–Trinajstić information content (AvgIpc) is 2.95. The second-order valence-electron chi connectivity index (χ2n) is 9.09. The summed E-state index contributed by atoms with van der Waals surface area (Å²) in [4.78, 5) is 18.6. The predicted molar refractivity (Wildman–Crippen MR) is 121 cm³/mol. The van der Waals surface area contributed by atoms with Gasteiger partial charge in [-0.25, -0.2) is 4.79 Å². The summed E-state index contributed by atoms with van der Waals surface area (Å²) >= 11 is 0. The van der Waals surface area contributed by atoms with Gasteiger partial charge in [-0.15, -0.1) is 0 Å². The second-order valence-corrected chi connectivity index (χ2v) is 9.09. The number of ether oxygens (including phenoxy) is 1. The largest absolute Gasteiger partial charge is 0.444 e. The molecule has 30 heavy (non-hydrogen) atoms. The molecule has 2 N–H and O–H groups in total. The summed E-state index contributed by atoms with van der Waals surface area (Å²) in [5.74, 6) is 2.04. The highest BCUT2D eigenvalue weighted by atomic mass is 16.6. The van der Waals surface area contributed by atoms with Crippen LogP contribution in [0.3, 0.4) is 0 Å². The topological polar surface area (TPSA) is 92.0 Å². The number of aryl methyl sites for hydroxylation is 2. The third-order valence-corrected chi connectivity index (χ3v) is 4.92. The van der Waals surface area contributed by atoms with Crippen molar-refractivity contribution in [2.45, 2.75) is 79.4 Å². The van der Waals surface area contributed by atoms with Crippen LogP contribution in [0.25, 0.3) is 0 Å². The Morgan fingerprint density at radius 2 is 1.97 bits per heavy atom. The van der Waals surface area contributed by atoms with Crippen molar-refractivity contribution in [3.8, 4) is 0 Å². The number of aliphatic imine (C=N–C) groups is 1. The molecule has 1 aromatic rings. The molecule has 1 unspecified atom stereocenters. The Labute approximate surface area is 181 Å². The van der Waals surface area contributed by atoms with Crippen LogP contribution in [0, 0.1) is 19.8 Å². The highest BCUT2D eigenvalue weighted by Crippen LogP contribution is 2.14. The lowest BCUT2D eigenvalue weighted by Gasteiger charge is -2.28. The molecule has 0 aliphatic heterocycles. The van der Waals surface area contributed by atoms with Gasteiger partial charge in [-0.05, 0) is 59.8 Å². The second kappa shape index (κ2) is 11.8. The van der Waals surface area contributed by atoms with Crippen molar-refractivity contribution in [1.82, 2.24) is 20.7 Å². The van der Waals surface area contributed by atoms with E-state index in [-0.39, 0.29) is 12.1 Å². The van der Waals surface area contributed by atoms with Crippen molar-refractivity contribution < 1.29 is 14.1 Å². The molecule has 1 atom stereocenters. The minimum Gasteiger partial charge on any atom is -0.444 e. The summed E-state index contributed by atoms with van der Waals surface area (Å²) < 4.78 is 10.6. The first-order valence-electron chi connectivity index (χ1n) is 10.8. The number of hydrogen-bond acceptors (Lipinski definition) is 5. The minimum atomic E-state index is -0.502. The number of carbonyl (C=O) groups excluding carboxylic acids is 1. The van der Waals surface area contributed by atoms with Crippen LogP contribution >= 0.6 is 0 Å². The molecule has 0 aliphatic rings. The average molecular weight is 424 g/mol. The third kappa shape index (κ3) is 9.05. The Bertz CT molecular complexity index is 672. The summed E-state index contributed by atoms with van der Waals surface area (Å²) in [6, 6.07) is 0.0277. The summed E-state index contributed by atoms with van der Waals surface area (Å²) in [6.45, 7) is 15.3. The van der Waals surface area contributed by atoms with Gasteiger partial charge in [0.05, 0.1) is 5.69 Å². The molecular weight excluding hydrogens is 382 g/mol. The van der Waals surface area contributed by atoms with Crippen LogP contribution in [0.5, 0.6) is 0 Å². The van der Waals surface area contributed by atoms with Gasteiger partial charge in [0, 0.05) is 38.8 Å². The maximum Gasteiger partial charge on any atom is 0.407 e. The van der Waals surface area contributed by atoms with E-state index in [1.165, 1.54) is 5.56 Å². The molecule has 0 saturated heterocycles.